The Hall–Kier alpha value is 0.290. The third-order valence-electron chi connectivity index (χ3n) is 1.90. The molecule has 0 fully saturated rings. The summed E-state index contributed by atoms with van der Waals surface area (Å²) in [5.74, 6) is -28.6. The van der Waals surface area contributed by atoms with Crippen molar-refractivity contribution in [3.63, 3.8) is 0 Å². The maximum absolute atomic E-state index is 12.9. The molecule has 0 bridgehead atoms. The van der Waals surface area contributed by atoms with Crippen LogP contribution in [0.25, 0.3) is 0 Å². The zero-order chi connectivity index (χ0) is 17.0. The molecule has 0 atom stereocenters. The van der Waals surface area contributed by atoms with Crippen LogP contribution in [0.2, 0.25) is 0 Å². The Morgan fingerprint density at radius 1 is 0.500 bits per heavy atom. The van der Waals surface area contributed by atoms with Crippen molar-refractivity contribution in [1.82, 2.24) is 0 Å². The van der Waals surface area contributed by atoms with Crippen molar-refractivity contribution in [3.8, 4) is 0 Å². The number of alkyl halides is 14. The van der Waals surface area contributed by atoms with Crippen LogP contribution in [0.3, 0.4) is 0 Å². The van der Waals surface area contributed by atoms with E-state index in [0.29, 0.717) is 0 Å². The van der Waals surface area contributed by atoms with Crippen LogP contribution < -0.4 is 0 Å². The van der Waals surface area contributed by atoms with Gasteiger partial charge in [0, 0.05) is 0 Å². The second kappa shape index (κ2) is 4.90. The number of hydrogen-bond acceptors (Lipinski definition) is 0. The standard InChI is InChI=1S/C6BrCl2F11/c7-5(8,9)3(14,15)1(10,11)2(12,13)4(16,17)6(18,19)20. The molecule has 0 radical (unpaired) electrons. The molecular formula is C6BrCl2F11. The van der Waals surface area contributed by atoms with Crippen molar-refractivity contribution in [2.45, 2.75) is 33.1 Å². The van der Waals surface area contributed by atoms with Gasteiger partial charge in [-0.15, -0.1) is 0 Å². The first kappa shape index (κ1) is 20.3. The molecule has 0 aromatic rings. The van der Waals surface area contributed by atoms with Gasteiger partial charge in [0.2, 0.25) is 3.24 Å². The molecule has 0 nitrogen and oxygen atoms in total. The van der Waals surface area contributed by atoms with Gasteiger partial charge >= 0.3 is 29.9 Å². The van der Waals surface area contributed by atoms with Gasteiger partial charge in [0.15, 0.2) is 0 Å². The zero-order valence-electron chi connectivity index (χ0n) is 8.29. The van der Waals surface area contributed by atoms with E-state index in [4.69, 9.17) is 0 Å². The summed E-state index contributed by atoms with van der Waals surface area (Å²) in [6, 6.07) is 0. The molecule has 0 heterocycles. The Morgan fingerprint density at radius 2 is 0.750 bits per heavy atom. The van der Waals surface area contributed by atoms with Crippen LogP contribution >= 0.6 is 39.1 Å². The largest absolute Gasteiger partial charge is 0.460 e. The SMILES string of the molecule is FC(F)(F)C(F)(F)C(F)(F)C(F)(F)C(F)(F)C(Cl)(Cl)Br. The van der Waals surface area contributed by atoms with Gasteiger partial charge in [-0.3, -0.25) is 0 Å². The highest BCUT2D eigenvalue weighted by molar-refractivity contribution is 9.11. The third-order valence-corrected chi connectivity index (χ3v) is 2.87. The lowest BCUT2D eigenvalue weighted by Crippen LogP contribution is -2.68. The lowest BCUT2D eigenvalue weighted by Gasteiger charge is -2.39. The minimum Gasteiger partial charge on any atom is -0.195 e. The Labute approximate surface area is 121 Å². The van der Waals surface area contributed by atoms with Crippen LogP contribution in [-0.4, -0.2) is 33.1 Å². The minimum atomic E-state index is -7.52. The van der Waals surface area contributed by atoms with E-state index in [0.717, 1.165) is 0 Å². The number of rotatable bonds is 4. The van der Waals surface area contributed by atoms with Crippen molar-refractivity contribution < 1.29 is 48.3 Å². The van der Waals surface area contributed by atoms with Crippen LogP contribution in [0.5, 0.6) is 0 Å². The molecule has 0 aliphatic rings. The molecule has 20 heavy (non-hydrogen) atoms. The topological polar surface area (TPSA) is 0 Å². The van der Waals surface area contributed by atoms with Gasteiger partial charge in [-0.2, -0.15) is 48.3 Å². The summed E-state index contributed by atoms with van der Waals surface area (Å²) in [6.07, 6.45) is -7.22. The fourth-order valence-electron chi connectivity index (χ4n) is 0.750. The fraction of sp³-hybridized carbons (Fsp3) is 1.00. The monoisotopic (exact) mass is 430 g/mol. The molecule has 0 aliphatic carbocycles. The molecule has 0 saturated carbocycles. The molecule has 0 saturated heterocycles. The van der Waals surface area contributed by atoms with Gasteiger partial charge in [-0.05, 0) is 15.9 Å². The molecule has 0 unspecified atom stereocenters. The van der Waals surface area contributed by atoms with E-state index in [1.165, 1.54) is 15.9 Å². The van der Waals surface area contributed by atoms with Gasteiger partial charge in [-0.25, -0.2) is 0 Å². The van der Waals surface area contributed by atoms with Crippen molar-refractivity contribution in [2.24, 2.45) is 0 Å². The quantitative estimate of drug-likeness (QED) is 0.400. The maximum atomic E-state index is 12.9. The molecule has 0 spiro atoms. The summed E-state index contributed by atoms with van der Waals surface area (Å²) >= 11 is 10.1. The molecule has 0 aromatic heterocycles. The second-order valence-electron chi connectivity index (χ2n) is 3.29. The fourth-order valence-corrected chi connectivity index (χ4v) is 1.24. The molecule has 0 aliphatic heterocycles. The first-order chi connectivity index (χ1) is 8.25. The van der Waals surface area contributed by atoms with Crippen molar-refractivity contribution in [3.05, 3.63) is 0 Å². The van der Waals surface area contributed by atoms with Gasteiger partial charge < -0.3 is 0 Å². The first-order valence-electron chi connectivity index (χ1n) is 3.90. The molecule has 0 aromatic carbocycles. The molecule has 0 amide bonds. The highest BCUT2D eigenvalue weighted by Gasteiger charge is 2.89. The summed E-state index contributed by atoms with van der Waals surface area (Å²) in [5, 5.41) is 0. The van der Waals surface area contributed by atoms with E-state index < -0.39 is 33.1 Å². The van der Waals surface area contributed by atoms with E-state index >= 15 is 0 Å². The van der Waals surface area contributed by atoms with E-state index in [1.807, 2.05) is 0 Å². The average Bonchev–Trinajstić information content (AvgIpc) is 2.12. The van der Waals surface area contributed by atoms with E-state index in [9.17, 15) is 48.3 Å². The number of halogens is 14. The van der Waals surface area contributed by atoms with Gasteiger partial charge in [0.05, 0.1) is 0 Å². The van der Waals surface area contributed by atoms with Crippen LogP contribution in [0.1, 0.15) is 0 Å². The van der Waals surface area contributed by atoms with Crippen molar-refractivity contribution >= 4 is 39.1 Å². The molecule has 122 valence electrons. The zero-order valence-corrected chi connectivity index (χ0v) is 11.4. The van der Waals surface area contributed by atoms with Gasteiger partial charge in [0.1, 0.15) is 0 Å². The lowest BCUT2D eigenvalue weighted by atomic mass is 9.99. The second-order valence-corrected chi connectivity index (χ2v) is 6.72. The van der Waals surface area contributed by atoms with Crippen LogP contribution in [0, 0.1) is 0 Å². The Morgan fingerprint density at radius 3 is 0.950 bits per heavy atom. The summed E-state index contributed by atoms with van der Waals surface area (Å²) in [4.78, 5) is 0. The Balaban J connectivity index is 6.08. The minimum absolute atomic E-state index is 1.39. The third kappa shape index (κ3) is 2.67. The highest BCUT2D eigenvalue weighted by Crippen LogP contribution is 2.62. The summed E-state index contributed by atoms with van der Waals surface area (Å²) in [6.45, 7) is 0. The summed E-state index contributed by atoms with van der Waals surface area (Å²) in [5.41, 5.74) is 0. The van der Waals surface area contributed by atoms with Crippen LogP contribution in [0.15, 0.2) is 0 Å². The van der Waals surface area contributed by atoms with Gasteiger partial charge in [0.25, 0.3) is 0 Å². The van der Waals surface area contributed by atoms with E-state index in [-0.39, 0.29) is 0 Å². The van der Waals surface area contributed by atoms with E-state index in [2.05, 4.69) is 23.2 Å². The smallest absolute Gasteiger partial charge is 0.195 e. The Kier molecular flexibility index (Phi) is 4.97. The normalized spacial score (nSPS) is 16.5. The average molecular weight is 432 g/mol. The van der Waals surface area contributed by atoms with Gasteiger partial charge in [-0.1, -0.05) is 23.2 Å². The highest BCUT2D eigenvalue weighted by atomic mass is 79.9. The van der Waals surface area contributed by atoms with E-state index in [1.54, 1.807) is 0 Å². The lowest BCUT2D eigenvalue weighted by molar-refractivity contribution is -0.421. The van der Waals surface area contributed by atoms with Crippen molar-refractivity contribution in [2.75, 3.05) is 0 Å². The van der Waals surface area contributed by atoms with Crippen LogP contribution in [-0.2, 0) is 0 Å². The molecule has 0 rings (SSSR count). The molecular weight excluding hydrogens is 432 g/mol. The maximum Gasteiger partial charge on any atom is 0.460 e. The molecule has 0 N–H and O–H groups in total. The molecule has 14 heteroatoms. The van der Waals surface area contributed by atoms with Crippen molar-refractivity contribution in [1.29, 1.82) is 0 Å². The predicted molar refractivity (Wildman–Crippen MR) is 49.2 cm³/mol. The predicted octanol–water partition coefficient (Wildman–Crippen LogP) is 5.62. The first-order valence-corrected chi connectivity index (χ1v) is 5.44. The summed E-state index contributed by atoms with van der Waals surface area (Å²) < 4.78 is 132. The Bertz CT molecular complexity index is 332. The summed E-state index contributed by atoms with van der Waals surface area (Å²) in [7, 11) is 0. The number of hydrogen-bond donors (Lipinski definition) is 0. The van der Waals surface area contributed by atoms with Crippen LogP contribution in [0.4, 0.5) is 48.3 Å².